The number of primary amides is 1. The second-order valence-corrected chi connectivity index (χ2v) is 4.73. The van der Waals surface area contributed by atoms with E-state index in [-0.39, 0.29) is 11.9 Å². The number of hydrogen-bond donors (Lipinski definition) is 3. The monoisotopic (exact) mass is 242 g/mol. The fraction of sp³-hybridized carbons (Fsp3) is 0.818. The van der Waals surface area contributed by atoms with Gasteiger partial charge in [0.25, 0.3) is 0 Å². The fourth-order valence-electron chi connectivity index (χ4n) is 1.93. The summed E-state index contributed by atoms with van der Waals surface area (Å²) < 4.78 is 0. The molecule has 1 atom stereocenters. The number of urea groups is 1. The average Bonchev–Trinajstić information content (AvgIpc) is 2.27. The lowest BCUT2D eigenvalue weighted by Crippen LogP contribution is -2.48. The summed E-state index contributed by atoms with van der Waals surface area (Å²) >= 11 is 0. The van der Waals surface area contributed by atoms with Gasteiger partial charge in [-0.2, -0.15) is 0 Å². The highest BCUT2D eigenvalue weighted by atomic mass is 16.2. The molecule has 4 N–H and O–H groups in total. The normalized spacial score (nSPS) is 19.9. The first kappa shape index (κ1) is 13.9. The van der Waals surface area contributed by atoms with E-state index in [1.54, 1.807) is 6.92 Å². The number of piperidine rings is 1. The number of nitrogens with one attached hydrogen (secondary N) is 2. The standard InChI is InChI=1S/C11H22N4O2/c1-8(10(16)14-11(12)17)13-7-9-3-5-15(2)6-4-9/h8-9,13H,3-7H2,1-2H3,(H3,12,14,16,17). The van der Waals surface area contributed by atoms with Crippen LogP contribution in [0.2, 0.25) is 0 Å². The van der Waals surface area contributed by atoms with Gasteiger partial charge in [0.15, 0.2) is 0 Å². The summed E-state index contributed by atoms with van der Waals surface area (Å²) in [6.45, 7) is 4.75. The van der Waals surface area contributed by atoms with Crippen LogP contribution in [0.1, 0.15) is 19.8 Å². The largest absolute Gasteiger partial charge is 0.351 e. The second-order valence-electron chi connectivity index (χ2n) is 4.73. The van der Waals surface area contributed by atoms with Gasteiger partial charge in [0.2, 0.25) is 5.91 Å². The maximum absolute atomic E-state index is 11.4. The van der Waals surface area contributed by atoms with Crippen molar-refractivity contribution in [2.24, 2.45) is 11.7 Å². The lowest BCUT2D eigenvalue weighted by molar-refractivity contribution is -0.121. The number of imide groups is 1. The Bertz CT molecular complexity index is 275. The molecular weight excluding hydrogens is 220 g/mol. The Labute approximate surface area is 102 Å². The molecular formula is C11H22N4O2. The predicted octanol–water partition coefficient (Wildman–Crippen LogP) is -0.499. The highest BCUT2D eigenvalue weighted by Crippen LogP contribution is 2.14. The van der Waals surface area contributed by atoms with Crippen LogP contribution < -0.4 is 16.4 Å². The van der Waals surface area contributed by atoms with Gasteiger partial charge in [-0.3, -0.25) is 10.1 Å². The SMILES string of the molecule is CC(NCC1CCN(C)CC1)C(=O)NC(N)=O. The van der Waals surface area contributed by atoms with Gasteiger partial charge in [0.1, 0.15) is 0 Å². The van der Waals surface area contributed by atoms with E-state index in [0.717, 1.165) is 32.5 Å². The number of carbonyl (C=O) groups excluding carboxylic acids is 2. The van der Waals surface area contributed by atoms with Crippen LogP contribution in [0.25, 0.3) is 0 Å². The summed E-state index contributed by atoms with van der Waals surface area (Å²) in [5.74, 6) is 0.237. The van der Waals surface area contributed by atoms with E-state index in [0.29, 0.717) is 5.92 Å². The minimum atomic E-state index is -0.803. The topological polar surface area (TPSA) is 87.5 Å². The van der Waals surface area contributed by atoms with Crippen LogP contribution >= 0.6 is 0 Å². The average molecular weight is 242 g/mol. The number of hydrogen-bond acceptors (Lipinski definition) is 4. The third kappa shape index (κ3) is 5.14. The molecule has 1 aliphatic rings. The molecule has 0 aliphatic carbocycles. The minimum Gasteiger partial charge on any atom is -0.351 e. The van der Waals surface area contributed by atoms with E-state index in [1.165, 1.54) is 0 Å². The van der Waals surface area contributed by atoms with Gasteiger partial charge in [0.05, 0.1) is 6.04 Å². The molecule has 6 nitrogen and oxygen atoms in total. The minimum absolute atomic E-state index is 0.370. The van der Waals surface area contributed by atoms with Gasteiger partial charge >= 0.3 is 6.03 Å². The van der Waals surface area contributed by atoms with Crippen LogP contribution in [0.3, 0.4) is 0 Å². The van der Waals surface area contributed by atoms with Crippen molar-refractivity contribution >= 4 is 11.9 Å². The van der Waals surface area contributed by atoms with E-state index >= 15 is 0 Å². The van der Waals surface area contributed by atoms with E-state index in [4.69, 9.17) is 5.73 Å². The molecule has 0 radical (unpaired) electrons. The van der Waals surface area contributed by atoms with E-state index in [1.807, 2.05) is 0 Å². The molecule has 1 aliphatic heterocycles. The van der Waals surface area contributed by atoms with Crippen molar-refractivity contribution in [2.75, 3.05) is 26.7 Å². The van der Waals surface area contributed by atoms with Gasteiger partial charge < -0.3 is 16.0 Å². The van der Waals surface area contributed by atoms with Crippen molar-refractivity contribution in [2.45, 2.75) is 25.8 Å². The van der Waals surface area contributed by atoms with Gasteiger partial charge in [0, 0.05) is 0 Å². The van der Waals surface area contributed by atoms with Crippen molar-refractivity contribution in [3.8, 4) is 0 Å². The maximum Gasteiger partial charge on any atom is 0.318 e. The molecule has 6 heteroatoms. The number of nitrogens with two attached hydrogens (primary N) is 1. The van der Waals surface area contributed by atoms with Gasteiger partial charge in [-0.1, -0.05) is 0 Å². The third-order valence-electron chi connectivity index (χ3n) is 3.19. The summed E-state index contributed by atoms with van der Waals surface area (Å²) in [6.07, 6.45) is 2.29. The molecule has 0 bridgehead atoms. The zero-order valence-electron chi connectivity index (χ0n) is 10.5. The second kappa shape index (κ2) is 6.56. The number of amides is 3. The summed E-state index contributed by atoms with van der Waals surface area (Å²) in [6, 6.07) is -1.19. The molecule has 0 aromatic heterocycles. The molecule has 1 unspecified atom stereocenters. The Morgan fingerprint density at radius 2 is 2.00 bits per heavy atom. The summed E-state index contributed by atoms with van der Waals surface area (Å²) in [7, 11) is 2.12. The lowest BCUT2D eigenvalue weighted by atomic mass is 9.97. The van der Waals surface area contributed by atoms with E-state index in [2.05, 4.69) is 22.6 Å². The van der Waals surface area contributed by atoms with E-state index in [9.17, 15) is 9.59 Å². The molecule has 0 aromatic carbocycles. The van der Waals surface area contributed by atoms with Gasteiger partial charge in [-0.15, -0.1) is 0 Å². The van der Waals surface area contributed by atoms with Crippen molar-refractivity contribution in [3.63, 3.8) is 0 Å². The van der Waals surface area contributed by atoms with Crippen LogP contribution in [0.4, 0.5) is 4.79 Å². The molecule has 0 spiro atoms. The fourth-order valence-corrected chi connectivity index (χ4v) is 1.93. The van der Waals surface area contributed by atoms with Crippen LogP contribution in [-0.2, 0) is 4.79 Å². The first-order valence-corrected chi connectivity index (χ1v) is 6.01. The Morgan fingerprint density at radius 1 is 1.41 bits per heavy atom. The smallest absolute Gasteiger partial charge is 0.318 e. The van der Waals surface area contributed by atoms with Crippen molar-refractivity contribution < 1.29 is 9.59 Å². The van der Waals surface area contributed by atoms with Gasteiger partial charge in [-0.05, 0) is 52.4 Å². The molecule has 0 aromatic rings. The number of likely N-dealkylation sites (tertiary alicyclic amines) is 1. The summed E-state index contributed by atoms with van der Waals surface area (Å²) in [5.41, 5.74) is 4.88. The molecule has 1 heterocycles. The predicted molar refractivity (Wildman–Crippen MR) is 65.4 cm³/mol. The van der Waals surface area contributed by atoms with Crippen LogP contribution in [0, 0.1) is 5.92 Å². The van der Waals surface area contributed by atoms with Crippen molar-refractivity contribution in [3.05, 3.63) is 0 Å². The van der Waals surface area contributed by atoms with Gasteiger partial charge in [-0.25, -0.2) is 4.79 Å². The Hall–Kier alpha value is -1.14. The Balaban J connectivity index is 2.21. The molecule has 3 amide bonds. The molecule has 1 saturated heterocycles. The Kier molecular flexibility index (Phi) is 5.37. The molecule has 17 heavy (non-hydrogen) atoms. The molecule has 0 saturated carbocycles. The maximum atomic E-state index is 11.4. The summed E-state index contributed by atoms with van der Waals surface area (Å²) in [4.78, 5) is 24.2. The third-order valence-corrected chi connectivity index (χ3v) is 3.19. The van der Waals surface area contributed by atoms with Crippen LogP contribution in [0.15, 0.2) is 0 Å². The zero-order chi connectivity index (χ0) is 12.8. The quantitative estimate of drug-likeness (QED) is 0.620. The number of carbonyl (C=O) groups is 2. The first-order valence-electron chi connectivity index (χ1n) is 6.01. The molecule has 1 rings (SSSR count). The van der Waals surface area contributed by atoms with Crippen molar-refractivity contribution in [1.29, 1.82) is 0 Å². The van der Waals surface area contributed by atoms with Crippen LogP contribution in [0.5, 0.6) is 0 Å². The highest BCUT2D eigenvalue weighted by molar-refractivity contribution is 5.96. The first-order chi connectivity index (χ1) is 7.99. The van der Waals surface area contributed by atoms with Crippen molar-refractivity contribution in [1.82, 2.24) is 15.5 Å². The Morgan fingerprint density at radius 3 is 2.53 bits per heavy atom. The summed E-state index contributed by atoms with van der Waals surface area (Å²) in [5, 5.41) is 5.20. The van der Waals surface area contributed by atoms with E-state index < -0.39 is 6.03 Å². The zero-order valence-corrected chi connectivity index (χ0v) is 10.5. The van der Waals surface area contributed by atoms with Crippen LogP contribution in [-0.4, -0.2) is 49.6 Å². The molecule has 1 fully saturated rings. The highest BCUT2D eigenvalue weighted by Gasteiger charge is 2.19. The number of nitrogens with zero attached hydrogens (tertiary/aromatic N) is 1. The number of rotatable bonds is 4. The molecule has 98 valence electrons. The lowest BCUT2D eigenvalue weighted by Gasteiger charge is -2.29.